The topological polar surface area (TPSA) is 84.4 Å². The molecule has 2 aromatic carbocycles. The highest BCUT2D eigenvalue weighted by atomic mass is 32.1. The summed E-state index contributed by atoms with van der Waals surface area (Å²) < 4.78 is 5.16. The fourth-order valence-electron chi connectivity index (χ4n) is 3.73. The molecule has 0 bridgehead atoms. The Morgan fingerprint density at radius 1 is 1.12 bits per heavy atom. The van der Waals surface area contributed by atoms with E-state index in [-0.39, 0.29) is 18.2 Å². The Labute approximate surface area is 188 Å². The number of pyridine rings is 1. The van der Waals surface area contributed by atoms with Gasteiger partial charge in [0.25, 0.3) is 0 Å². The number of nitrogens with one attached hydrogen (secondary N) is 1. The first-order chi connectivity index (χ1) is 15.6. The van der Waals surface area contributed by atoms with Crippen molar-refractivity contribution < 1.29 is 14.3 Å². The lowest BCUT2D eigenvalue weighted by Gasteiger charge is -2.17. The summed E-state index contributed by atoms with van der Waals surface area (Å²) in [6.07, 6.45) is 1.95. The standard InChI is InChI=1S/C24H20N4O3S/c1-31-19-10-8-18(9-11-19)28-14-16(13-21(28)29)22(30)26-17-6-4-15(5-7-17)23-27-20-3-2-12-25-24(20)32-23/h2-12,16H,13-14H2,1H3,(H,26,30). The zero-order chi connectivity index (χ0) is 22.1. The molecule has 4 aromatic rings. The molecule has 3 heterocycles. The fourth-order valence-corrected chi connectivity index (χ4v) is 4.64. The Bertz CT molecular complexity index is 1250. The zero-order valence-corrected chi connectivity index (χ0v) is 18.1. The molecule has 32 heavy (non-hydrogen) atoms. The van der Waals surface area contributed by atoms with Crippen LogP contribution < -0.4 is 15.0 Å². The molecule has 1 N–H and O–H groups in total. The quantitative estimate of drug-likeness (QED) is 0.494. The highest BCUT2D eigenvalue weighted by Crippen LogP contribution is 2.30. The maximum Gasteiger partial charge on any atom is 0.229 e. The second-order valence-electron chi connectivity index (χ2n) is 7.52. The van der Waals surface area contributed by atoms with Gasteiger partial charge in [-0.3, -0.25) is 9.59 Å². The molecular weight excluding hydrogens is 424 g/mol. The van der Waals surface area contributed by atoms with Crippen molar-refractivity contribution in [3.63, 3.8) is 0 Å². The van der Waals surface area contributed by atoms with Crippen LogP contribution in [0.2, 0.25) is 0 Å². The minimum Gasteiger partial charge on any atom is -0.497 e. The SMILES string of the molecule is COc1ccc(N2CC(C(=O)Nc3ccc(-c4nc5cccnc5s4)cc3)CC2=O)cc1. The third-order valence-corrected chi connectivity index (χ3v) is 6.47. The number of methoxy groups -OCH3 is 1. The molecule has 2 amide bonds. The predicted molar refractivity (Wildman–Crippen MR) is 125 cm³/mol. The predicted octanol–water partition coefficient (Wildman–Crippen LogP) is 4.36. The molecule has 1 unspecified atom stereocenters. The summed E-state index contributed by atoms with van der Waals surface area (Å²) in [4.78, 5) is 36.7. The lowest BCUT2D eigenvalue weighted by molar-refractivity contribution is -0.122. The molecule has 160 valence electrons. The fraction of sp³-hybridized carbons (Fsp3) is 0.167. The number of fused-ring (bicyclic) bond motifs is 1. The van der Waals surface area contributed by atoms with Crippen LogP contribution >= 0.6 is 11.3 Å². The number of hydrogen-bond acceptors (Lipinski definition) is 6. The van der Waals surface area contributed by atoms with Crippen LogP contribution in [0.4, 0.5) is 11.4 Å². The average molecular weight is 445 g/mol. The third kappa shape index (κ3) is 3.92. The Morgan fingerprint density at radius 2 is 1.91 bits per heavy atom. The molecule has 0 saturated carbocycles. The van der Waals surface area contributed by atoms with E-state index >= 15 is 0 Å². The van der Waals surface area contributed by atoms with Crippen LogP contribution in [-0.4, -0.2) is 35.4 Å². The van der Waals surface area contributed by atoms with Gasteiger partial charge in [0.15, 0.2) is 0 Å². The van der Waals surface area contributed by atoms with Gasteiger partial charge in [-0.1, -0.05) is 11.3 Å². The van der Waals surface area contributed by atoms with Gasteiger partial charge < -0.3 is 15.0 Å². The number of benzene rings is 2. The first-order valence-corrected chi connectivity index (χ1v) is 11.0. The van der Waals surface area contributed by atoms with Crippen molar-refractivity contribution in [2.24, 2.45) is 5.92 Å². The summed E-state index contributed by atoms with van der Waals surface area (Å²) in [5.74, 6) is 0.0984. The Kier molecular flexibility index (Phi) is 5.28. The lowest BCUT2D eigenvalue weighted by atomic mass is 10.1. The Balaban J connectivity index is 1.25. The van der Waals surface area contributed by atoms with Crippen LogP contribution in [-0.2, 0) is 9.59 Å². The Morgan fingerprint density at radius 3 is 2.62 bits per heavy atom. The molecule has 0 radical (unpaired) electrons. The van der Waals surface area contributed by atoms with Crippen molar-refractivity contribution in [3.8, 4) is 16.3 Å². The first kappa shape index (κ1) is 20.1. The van der Waals surface area contributed by atoms with Crippen LogP contribution in [0.5, 0.6) is 5.75 Å². The third-order valence-electron chi connectivity index (χ3n) is 5.45. The zero-order valence-electron chi connectivity index (χ0n) is 17.3. The van der Waals surface area contributed by atoms with E-state index in [1.54, 1.807) is 30.3 Å². The molecule has 1 fully saturated rings. The van der Waals surface area contributed by atoms with Crippen molar-refractivity contribution in [1.82, 2.24) is 9.97 Å². The molecule has 1 saturated heterocycles. The number of carbonyl (C=O) groups is 2. The monoisotopic (exact) mass is 444 g/mol. The number of amides is 2. The van der Waals surface area contributed by atoms with Crippen molar-refractivity contribution in [1.29, 1.82) is 0 Å². The van der Waals surface area contributed by atoms with Crippen LogP contribution in [0.15, 0.2) is 66.9 Å². The van der Waals surface area contributed by atoms with E-state index in [1.165, 1.54) is 11.3 Å². The van der Waals surface area contributed by atoms with Gasteiger partial charge in [-0.2, -0.15) is 0 Å². The maximum absolute atomic E-state index is 12.8. The van der Waals surface area contributed by atoms with Crippen LogP contribution in [0, 0.1) is 5.92 Å². The highest BCUT2D eigenvalue weighted by Gasteiger charge is 2.35. The molecule has 7 nitrogen and oxygen atoms in total. The van der Waals surface area contributed by atoms with Gasteiger partial charge in [-0.15, -0.1) is 0 Å². The number of carbonyl (C=O) groups excluding carboxylic acids is 2. The molecule has 0 aliphatic carbocycles. The van der Waals surface area contributed by atoms with Gasteiger partial charge in [-0.25, -0.2) is 9.97 Å². The molecule has 1 atom stereocenters. The number of thiazole rings is 1. The van der Waals surface area contributed by atoms with E-state index in [2.05, 4.69) is 15.3 Å². The van der Waals surface area contributed by atoms with E-state index in [1.807, 2.05) is 48.5 Å². The molecule has 0 spiro atoms. The first-order valence-electron chi connectivity index (χ1n) is 10.2. The summed E-state index contributed by atoms with van der Waals surface area (Å²) in [5.41, 5.74) is 3.29. The van der Waals surface area contributed by atoms with Crippen molar-refractivity contribution in [2.75, 3.05) is 23.9 Å². The molecule has 5 rings (SSSR count). The second-order valence-corrected chi connectivity index (χ2v) is 8.49. The molecular formula is C24H20N4O3S. The van der Waals surface area contributed by atoms with Gasteiger partial charge in [-0.05, 0) is 60.7 Å². The summed E-state index contributed by atoms with van der Waals surface area (Å²) in [7, 11) is 1.60. The van der Waals surface area contributed by atoms with Crippen LogP contribution in [0.25, 0.3) is 20.9 Å². The van der Waals surface area contributed by atoms with Crippen molar-refractivity contribution in [2.45, 2.75) is 6.42 Å². The number of aromatic nitrogens is 2. The minimum absolute atomic E-state index is 0.0601. The summed E-state index contributed by atoms with van der Waals surface area (Å²) in [5, 5.41) is 3.82. The van der Waals surface area contributed by atoms with Crippen molar-refractivity contribution >= 4 is 44.9 Å². The average Bonchev–Trinajstić information content (AvgIpc) is 3.43. The van der Waals surface area contributed by atoms with E-state index in [0.29, 0.717) is 12.2 Å². The molecule has 1 aliphatic heterocycles. The van der Waals surface area contributed by atoms with E-state index in [0.717, 1.165) is 32.4 Å². The van der Waals surface area contributed by atoms with Gasteiger partial charge in [0.05, 0.1) is 13.0 Å². The number of hydrogen-bond donors (Lipinski definition) is 1. The number of rotatable bonds is 5. The van der Waals surface area contributed by atoms with Crippen LogP contribution in [0.3, 0.4) is 0 Å². The molecule has 1 aliphatic rings. The van der Waals surface area contributed by atoms with E-state index in [9.17, 15) is 9.59 Å². The smallest absolute Gasteiger partial charge is 0.229 e. The molecule has 8 heteroatoms. The number of anilines is 2. The van der Waals surface area contributed by atoms with Gasteiger partial charge in [0.1, 0.15) is 21.1 Å². The normalized spacial score (nSPS) is 15.8. The van der Waals surface area contributed by atoms with Gasteiger partial charge >= 0.3 is 0 Å². The summed E-state index contributed by atoms with van der Waals surface area (Å²) >= 11 is 1.53. The Hall–Kier alpha value is -3.78. The van der Waals surface area contributed by atoms with Gasteiger partial charge in [0.2, 0.25) is 11.8 Å². The van der Waals surface area contributed by atoms with Crippen LogP contribution in [0.1, 0.15) is 6.42 Å². The largest absolute Gasteiger partial charge is 0.497 e. The van der Waals surface area contributed by atoms with Gasteiger partial charge in [0, 0.05) is 36.1 Å². The molecule has 2 aromatic heterocycles. The second kappa shape index (κ2) is 8.39. The maximum atomic E-state index is 12.8. The highest BCUT2D eigenvalue weighted by molar-refractivity contribution is 7.21. The van der Waals surface area contributed by atoms with E-state index in [4.69, 9.17) is 4.74 Å². The minimum atomic E-state index is -0.403. The number of ether oxygens (including phenoxy) is 1. The summed E-state index contributed by atoms with van der Waals surface area (Å²) in [6.45, 7) is 0.355. The van der Waals surface area contributed by atoms with Crippen molar-refractivity contribution in [3.05, 3.63) is 66.9 Å². The number of nitrogens with zero attached hydrogens (tertiary/aromatic N) is 3. The van der Waals surface area contributed by atoms with E-state index < -0.39 is 5.92 Å². The lowest BCUT2D eigenvalue weighted by Crippen LogP contribution is -2.28. The summed E-state index contributed by atoms with van der Waals surface area (Å²) in [6, 6.07) is 18.6.